The molecule has 0 bridgehead atoms. The van der Waals surface area contributed by atoms with Crippen molar-refractivity contribution in [3.8, 4) is 0 Å². The largest absolute Gasteiger partial charge is 0.466 e. The number of nitrogens with one attached hydrogen (secondary N) is 1. The van der Waals surface area contributed by atoms with Crippen LogP contribution in [0.15, 0.2) is 36.5 Å². The number of esters is 1. The maximum atomic E-state index is 12.5. The number of ether oxygens (including phenoxy) is 1. The van der Waals surface area contributed by atoms with Crippen molar-refractivity contribution < 1.29 is 24.5 Å². The monoisotopic (exact) mass is 914 g/mol. The van der Waals surface area contributed by atoms with Crippen molar-refractivity contribution in [2.24, 2.45) is 0 Å². The summed E-state index contributed by atoms with van der Waals surface area (Å²) in [5.41, 5.74) is 0. The first-order valence-electron chi connectivity index (χ1n) is 28.8. The van der Waals surface area contributed by atoms with E-state index >= 15 is 0 Å². The first-order valence-corrected chi connectivity index (χ1v) is 28.8. The smallest absolute Gasteiger partial charge is 0.305 e. The highest BCUT2D eigenvalue weighted by Crippen LogP contribution is 2.17. The van der Waals surface area contributed by atoms with E-state index in [0.717, 1.165) is 57.8 Å². The molecule has 0 aromatic heterocycles. The van der Waals surface area contributed by atoms with Gasteiger partial charge in [0, 0.05) is 12.8 Å². The molecule has 1 amide bonds. The van der Waals surface area contributed by atoms with Gasteiger partial charge in [-0.15, -0.1) is 0 Å². The number of carbonyl (C=O) groups is 2. The summed E-state index contributed by atoms with van der Waals surface area (Å²) in [6, 6.07) is -0.634. The van der Waals surface area contributed by atoms with E-state index in [1.165, 1.54) is 218 Å². The lowest BCUT2D eigenvalue weighted by atomic mass is 10.0. The van der Waals surface area contributed by atoms with Crippen molar-refractivity contribution in [2.45, 2.75) is 315 Å². The number of unbranched alkanes of at least 4 members (excludes halogenated alkanes) is 38. The number of aliphatic hydroxyl groups excluding tert-OH is 2. The summed E-state index contributed by atoms with van der Waals surface area (Å²) in [5, 5.41) is 23.1. The third-order valence-electron chi connectivity index (χ3n) is 13.2. The van der Waals surface area contributed by atoms with Gasteiger partial charge in [-0.2, -0.15) is 0 Å². The predicted molar refractivity (Wildman–Crippen MR) is 283 cm³/mol. The van der Waals surface area contributed by atoms with Crippen LogP contribution in [0.5, 0.6) is 0 Å². The third kappa shape index (κ3) is 51.3. The summed E-state index contributed by atoms with van der Waals surface area (Å²) in [5.74, 6) is -0.0864. The minimum atomic E-state index is -0.850. The number of allylic oxidation sites excluding steroid dienone is 5. The van der Waals surface area contributed by atoms with Crippen molar-refractivity contribution in [1.82, 2.24) is 5.32 Å². The Morgan fingerprint density at radius 3 is 1.22 bits per heavy atom. The Morgan fingerprint density at radius 2 is 0.785 bits per heavy atom. The van der Waals surface area contributed by atoms with Crippen LogP contribution in [0.1, 0.15) is 303 Å². The van der Waals surface area contributed by atoms with Crippen molar-refractivity contribution in [2.75, 3.05) is 13.2 Å². The standard InChI is InChI=1S/C59H111NO5/c1-3-5-7-9-11-13-15-17-19-20-21-24-27-31-35-39-43-47-51-57(62)56(55-61)60-58(63)52-48-44-40-36-32-28-25-22-23-26-30-34-38-42-46-50-54-65-59(64)53-49-45-41-37-33-29-18-16-14-12-10-8-6-4-2/h10,12,16,18,47,51,56-57,61-62H,3-9,11,13-15,17,19-46,48-50,52-55H2,1-2H3,(H,60,63)/b12-10-,18-16-,51-47+. The fourth-order valence-corrected chi connectivity index (χ4v) is 8.71. The van der Waals surface area contributed by atoms with Crippen molar-refractivity contribution in [3.63, 3.8) is 0 Å². The molecule has 382 valence electrons. The highest BCUT2D eigenvalue weighted by atomic mass is 16.5. The van der Waals surface area contributed by atoms with Gasteiger partial charge in [-0.25, -0.2) is 0 Å². The molecular weight excluding hydrogens is 803 g/mol. The molecule has 0 saturated carbocycles. The van der Waals surface area contributed by atoms with Crippen LogP contribution in [-0.4, -0.2) is 47.4 Å². The number of rotatable bonds is 53. The van der Waals surface area contributed by atoms with E-state index in [4.69, 9.17) is 4.74 Å². The molecule has 0 heterocycles. The average molecular weight is 915 g/mol. The number of carbonyl (C=O) groups excluding carboxylic acids is 2. The molecule has 65 heavy (non-hydrogen) atoms. The van der Waals surface area contributed by atoms with Gasteiger partial charge in [0.25, 0.3) is 0 Å². The van der Waals surface area contributed by atoms with Gasteiger partial charge in [0.05, 0.1) is 25.4 Å². The van der Waals surface area contributed by atoms with Gasteiger partial charge in [-0.1, -0.05) is 269 Å². The van der Waals surface area contributed by atoms with Crippen LogP contribution in [0.4, 0.5) is 0 Å². The fourth-order valence-electron chi connectivity index (χ4n) is 8.71. The lowest BCUT2D eigenvalue weighted by molar-refractivity contribution is -0.143. The van der Waals surface area contributed by atoms with Crippen LogP contribution in [0.3, 0.4) is 0 Å². The molecule has 2 unspecified atom stereocenters. The molecule has 0 aromatic carbocycles. The van der Waals surface area contributed by atoms with E-state index in [0.29, 0.717) is 19.4 Å². The Balaban J connectivity index is 3.47. The van der Waals surface area contributed by atoms with Gasteiger partial charge in [0.1, 0.15) is 0 Å². The van der Waals surface area contributed by atoms with Gasteiger partial charge >= 0.3 is 5.97 Å². The van der Waals surface area contributed by atoms with Crippen LogP contribution >= 0.6 is 0 Å². The van der Waals surface area contributed by atoms with E-state index in [-0.39, 0.29) is 18.5 Å². The van der Waals surface area contributed by atoms with Crippen molar-refractivity contribution in [3.05, 3.63) is 36.5 Å². The van der Waals surface area contributed by atoms with E-state index in [1.54, 1.807) is 6.08 Å². The average Bonchev–Trinajstić information content (AvgIpc) is 3.31. The first-order chi connectivity index (χ1) is 32.0. The fraction of sp³-hybridized carbons (Fsp3) is 0.864. The minimum Gasteiger partial charge on any atom is -0.466 e. The third-order valence-corrected chi connectivity index (χ3v) is 13.2. The molecule has 3 N–H and O–H groups in total. The molecule has 0 radical (unpaired) electrons. The quantitative estimate of drug-likeness (QED) is 0.0321. The van der Waals surface area contributed by atoms with Crippen LogP contribution in [-0.2, 0) is 14.3 Å². The number of hydrogen-bond acceptors (Lipinski definition) is 5. The van der Waals surface area contributed by atoms with Gasteiger partial charge in [0.2, 0.25) is 5.91 Å². The SMILES string of the molecule is CCCC/C=C\C/C=C\CCCCCCCC(=O)OCCCCCCCCCCCCCCCCCCC(=O)NC(CO)C(O)/C=C/CCCCCCCCCCCCCCCCCC. The molecule has 0 aliphatic rings. The van der Waals surface area contributed by atoms with Gasteiger partial charge in [0.15, 0.2) is 0 Å². The van der Waals surface area contributed by atoms with Gasteiger partial charge < -0.3 is 20.3 Å². The summed E-state index contributed by atoms with van der Waals surface area (Å²) in [6.07, 6.45) is 67.3. The molecular formula is C59H111NO5. The summed E-state index contributed by atoms with van der Waals surface area (Å²) < 4.78 is 5.46. The molecule has 0 aliphatic carbocycles. The number of aliphatic hydroxyl groups is 2. The molecule has 0 rings (SSSR count). The number of amides is 1. The molecule has 0 aliphatic heterocycles. The first kappa shape index (κ1) is 63.1. The summed E-state index contributed by atoms with van der Waals surface area (Å²) in [4.78, 5) is 24.5. The molecule has 0 fully saturated rings. The summed E-state index contributed by atoms with van der Waals surface area (Å²) in [7, 11) is 0. The number of hydrogen-bond donors (Lipinski definition) is 3. The molecule has 0 aromatic rings. The second-order valence-corrected chi connectivity index (χ2v) is 19.6. The van der Waals surface area contributed by atoms with E-state index < -0.39 is 12.1 Å². The second-order valence-electron chi connectivity index (χ2n) is 19.6. The zero-order valence-electron chi connectivity index (χ0n) is 43.5. The molecule has 6 heteroatoms. The molecule has 0 spiro atoms. The van der Waals surface area contributed by atoms with Gasteiger partial charge in [-0.3, -0.25) is 9.59 Å². The topological polar surface area (TPSA) is 95.9 Å². The highest BCUT2D eigenvalue weighted by molar-refractivity contribution is 5.76. The summed E-state index contributed by atoms with van der Waals surface area (Å²) >= 11 is 0. The molecule has 0 saturated heterocycles. The Kier molecular flexibility index (Phi) is 53.1. The summed E-state index contributed by atoms with van der Waals surface area (Å²) in [6.45, 7) is 4.85. The van der Waals surface area contributed by atoms with Crippen LogP contribution in [0.2, 0.25) is 0 Å². The maximum absolute atomic E-state index is 12.5. The van der Waals surface area contributed by atoms with Crippen LogP contribution < -0.4 is 5.32 Å². The Bertz CT molecular complexity index is 1060. The normalized spacial score (nSPS) is 12.9. The molecule has 2 atom stereocenters. The van der Waals surface area contributed by atoms with Gasteiger partial charge in [-0.05, 0) is 57.8 Å². The minimum absolute atomic E-state index is 0.0125. The zero-order chi connectivity index (χ0) is 47.2. The Morgan fingerprint density at radius 1 is 0.431 bits per heavy atom. The predicted octanol–water partition coefficient (Wildman–Crippen LogP) is 17.6. The lowest BCUT2D eigenvalue weighted by Crippen LogP contribution is -2.45. The Hall–Kier alpha value is -1.92. The van der Waals surface area contributed by atoms with E-state index in [1.807, 2.05) is 6.08 Å². The zero-order valence-corrected chi connectivity index (χ0v) is 43.5. The highest BCUT2D eigenvalue weighted by Gasteiger charge is 2.18. The van der Waals surface area contributed by atoms with E-state index in [2.05, 4.69) is 43.5 Å². The van der Waals surface area contributed by atoms with E-state index in [9.17, 15) is 19.8 Å². The second kappa shape index (κ2) is 54.7. The van der Waals surface area contributed by atoms with Crippen LogP contribution in [0, 0.1) is 0 Å². The Labute approximate surface area is 404 Å². The van der Waals surface area contributed by atoms with Crippen LogP contribution in [0.25, 0.3) is 0 Å². The molecule has 6 nitrogen and oxygen atoms in total. The maximum Gasteiger partial charge on any atom is 0.305 e. The van der Waals surface area contributed by atoms with Crippen molar-refractivity contribution >= 4 is 11.9 Å². The van der Waals surface area contributed by atoms with Crippen molar-refractivity contribution in [1.29, 1.82) is 0 Å². The lowest BCUT2D eigenvalue weighted by Gasteiger charge is -2.20.